The van der Waals surface area contributed by atoms with E-state index in [-0.39, 0.29) is 29.3 Å². The average molecular weight is 440 g/mol. The van der Waals surface area contributed by atoms with E-state index in [9.17, 15) is 9.59 Å². The van der Waals surface area contributed by atoms with Crippen molar-refractivity contribution in [3.63, 3.8) is 0 Å². The fraction of sp³-hybridized carbons (Fsp3) is 0.292. The average Bonchev–Trinajstić information content (AvgIpc) is 3.06. The zero-order valence-corrected chi connectivity index (χ0v) is 18.4. The molecule has 0 aliphatic rings. The molecule has 0 radical (unpaired) electrons. The van der Waals surface area contributed by atoms with Crippen LogP contribution >= 0.6 is 11.6 Å². The summed E-state index contributed by atoms with van der Waals surface area (Å²) < 4.78 is 6.79. The molecule has 0 aliphatic heterocycles. The van der Waals surface area contributed by atoms with Crippen LogP contribution in [0.5, 0.6) is 0 Å². The normalized spacial score (nSPS) is 11.7. The van der Waals surface area contributed by atoms with Crippen molar-refractivity contribution < 1.29 is 14.3 Å². The molecule has 1 heterocycles. The molecule has 3 rings (SSSR count). The van der Waals surface area contributed by atoms with Crippen LogP contribution < -0.4 is 5.32 Å². The van der Waals surface area contributed by atoms with E-state index in [0.717, 1.165) is 24.0 Å². The maximum Gasteiger partial charge on any atom is 0.343 e. The summed E-state index contributed by atoms with van der Waals surface area (Å²) in [5.41, 5.74) is 2.66. The summed E-state index contributed by atoms with van der Waals surface area (Å²) in [6.07, 6.45) is 1.70. The second-order valence-electron chi connectivity index (χ2n) is 7.29. The van der Waals surface area contributed by atoms with Crippen LogP contribution in [0.15, 0.2) is 60.7 Å². The van der Waals surface area contributed by atoms with Crippen LogP contribution in [-0.2, 0) is 16.1 Å². The number of ether oxygens (including phenoxy) is 1. The lowest BCUT2D eigenvalue weighted by Gasteiger charge is -2.18. The molecule has 0 bridgehead atoms. The van der Waals surface area contributed by atoms with Crippen molar-refractivity contribution in [1.82, 2.24) is 15.1 Å². The quantitative estimate of drug-likeness (QED) is 0.490. The Morgan fingerprint density at radius 2 is 1.74 bits per heavy atom. The van der Waals surface area contributed by atoms with Gasteiger partial charge in [-0.05, 0) is 24.5 Å². The summed E-state index contributed by atoms with van der Waals surface area (Å²) in [7, 11) is 0. The van der Waals surface area contributed by atoms with Crippen LogP contribution in [0.4, 0.5) is 0 Å². The van der Waals surface area contributed by atoms with Crippen molar-refractivity contribution in [3.05, 3.63) is 88.2 Å². The molecule has 6 nitrogen and oxygen atoms in total. The van der Waals surface area contributed by atoms with E-state index in [1.54, 1.807) is 11.6 Å². The number of hydrogen-bond donors (Lipinski definition) is 1. The fourth-order valence-corrected chi connectivity index (χ4v) is 3.69. The Kier molecular flexibility index (Phi) is 7.84. The molecule has 0 fully saturated rings. The van der Waals surface area contributed by atoms with Crippen molar-refractivity contribution >= 4 is 23.5 Å². The number of carbonyl (C=O) groups is 2. The van der Waals surface area contributed by atoms with Crippen LogP contribution in [0.3, 0.4) is 0 Å². The minimum atomic E-state index is -0.663. The number of halogens is 1. The third-order valence-corrected chi connectivity index (χ3v) is 5.28. The van der Waals surface area contributed by atoms with Crippen molar-refractivity contribution in [2.45, 2.75) is 39.3 Å². The third-order valence-electron chi connectivity index (χ3n) is 4.89. The highest BCUT2D eigenvalue weighted by Gasteiger charge is 2.23. The second-order valence-corrected chi connectivity index (χ2v) is 7.65. The third kappa shape index (κ3) is 5.95. The summed E-state index contributed by atoms with van der Waals surface area (Å²) in [6, 6.07) is 19.3. The topological polar surface area (TPSA) is 73.2 Å². The summed E-state index contributed by atoms with van der Waals surface area (Å²) >= 11 is 6.39. The number of aryl methyl sites for hydroxylation is 1. The van der Waals surface area contributed by atoms with Gasteiger partial charge in [0.2, 0.25) is 0 Å². The molecule has 31 heavy (non-hydrogen) atoms. The van der Waals surface area contributed by atoms with Crippen LogP contribution in [-0.4, -0.2) is 28.3 Å². The van der Waals surface area contributed by atoms with Gasteiger partial charge in [0.15, 0.2) is 6.61 Å². The Labute approximate surface area is 187 Å². The summed E-state index contributed by atoms with van der Waals surface area (Å²) in [5, 5.41) is 7.48. The highest BCUT2D eigenvalue weighted by atomic mass is 35.5. The van der Waals surface area contributed by atoms with Gasteiger partial charge in [0.05, 0.1) is 18.3 Å². The van der Waals surface area contributed by atoms with Gasteiger partial charge < -0.3 is 10.1 Å². The SMILES string of the molecule is CCCC(NC(=O)COC(=O)c1c(C)nn(Cc2ccccc2)c1Cl)c1ccccc1. The fourth-order valence-electron chi connectivity index (χ4n) is 3.38. The van der Waals surface area contributed by atoms with Gasteiger partial charge in [0.25, 0.3) is 5.91 Å². The van der Waals surface area contributed by atoms with Gasteiger partial charge in [-0.1, -0.05) is 85.6 Å². The molecular weight excluding hydrogens is 414 g/mol. The second kappa shape index (κ2) is 10.8. The smallest absolute Gasteiger partial charge is 0.343 e. The Morgan fingerprint density at radius 1 is 1.10 bits per heavy atom. The van der Waals surface area contributed by atoms with Gasteiger partial charge in [-0.3, -0.25) is 4.79 Å². The molecule has 1 amide bonds. The van der Waals surface area contributed by atoms with Crippen LogP contribution in [0.1, 0.15) is 53.0 Å². The van der Waals surface area contributed by atoms with E-state index in [1.807, 2.05) is 60.7 Å². The zero-order chi connectivity index (χ0) is 22.2. The Balaban J connectivity index is 1.62. The van der Waals surface area contributed by atoms with Gasteiger partial charge in [0, 0.05) is 0 Å². The van der Waals surface area contributed by atoms with Gasteiger partial charge in [-0.25, -0.2) is 9.48 Å². The zero-order valence-electron chi connectivity index (χ0n) is 17.7. The first kappa shape index (κ1) is 22.6. The summed E-state index contributed by atoms with van der Waals surface area (Å²) in [6.45, 7) is 3.80. The van der Waals surface area contributed by atoms with Crippen molar-refractivity contribution in [1.29, 1.82) is 0 Å². The maximum atomic E-state index is 12.6. The molecular formula is C24H26ClN3O3. The highest BCUT2D eigenvalue weighted by molar-refractivity contribution is 6.32. The first-order chi connectivity index (χ1) is 15.0. The van der Waals surface area contributed by atoms with Crippen LogP contribution in [0.2, 0.25) is 5.15 Å². The molecule has 0 saturated heterocycles. The first-order valence-electron chi connectivity index (χ1n) is 10.3. The van der Waals surface area contributed by atoms with Crippen LogP contribution in [0.25, 0.3) is 0 Å². The number of aromatic nitrogens is 2. The van der Waals surface area contributed by atoms with E-state index in [4.69, 9.17) is 16.3 Å². The van der Waals surface area contributed by atoms with Gasteiger partial charge in [-0.15, -0.1) is 0 Å². The molecule has 0 aliphatic carbocycles. The molecule has 162 valence electrons. The van der Waals surface area contributed by atoms with Crippen LogP contribution in [0, 0.1) is 6.92 Å². The lowest BCUT2D eigenvalue weighted by Crippen LogP contribution is -2.32. The largest absolute Gasteiger partial charge is 0.452 e. The summed E-state index contributed by atoms with van der Waals surface area (Å²) in [4.78, 5) is 25.0. The molecule has 3 aromatic rings. The van der Waals surface area contributed by atoms with E-state index >= 15 is 0 Å². The number of nitrogens with zero attached hydrogens (tertiary/aromatic N) is 2. The number of carbonyl (C=O) groups excluding carboxylic acids is 2. The predicted molar refractivity (Wildman–Crippen MR) is 120 cm³/mol. The van der Waals surface area contributed by atoms with Gasteiger partial charge in [-0.2, -0.15) is 5.10 Å². The molecule has 1 atom stereocenters. The number of amides is 1. The standard InChI is InChI=1S/C24H26ClN3O3/c1-3-10-20(19-13-8-5-9-14-19)26-21(29)16-31-24(30)22-17(2)27-28(23(22)25)15-18-11-6-4-7-12-18/h4-9,11-14,20H,3,10,15-16H2,1-2H3,(H,26,29). The number of esters is 1. The van der Waals surface area contributed by atoms with Gasteiger partial charge >= 0.3 is 5.97 Å². The minimum absolute atomic E-state index is 0.128. The molecule has 1 N–H and O–H groups in total. The van der Waals surface area contributed by atoms with E-state index in [0.29, 0.717) is 12.2 Å². The van der Waals surface area contributed by atoms with Gasteiger partial charge in [0.1, 0.15) is 10.7 Å². The molecule has 1 aromatic heterocycles. The lowest BCUT2D eigenvalue weighted by atomic mass is 10.0. The van der Waals surface area contributed by atoms with Crippen molar-refractivity contribution in [3.8, 4) is 0 Å². The Hall–Kier alpha value is -3.12. The summed E-state index contributed by atoms with van der Waals surface area (Å²) in [5.74, 6) is -1.02. The first-order valence-corrected chi connectivity index (χ1v) is 10.7. The number of nitrogens with one attached hydrogen (secondary N) is 1. The maximum absolute atomic E-state index is 12.6. The van der Waals surface area contributed by atoms with E-state index < -0.39 is 5.97 Å². The lowest BCUT2D eigenvalue weighted by molar-refractivity contribution is -0.125. The minimum Gasteiger partial charge on any atom is -0.452 e. The monoisotopic (exact) mass is 439 g/mol. The van der Waals surface area contributed by atoms with Crippen molar-refractivity contribution in [2.24, 2.45) is 0 Å². The number of benzene rings is 2. The molecule has 7 heteroatoms. The molecule has 2 aromatic carbocycles. The highest BCUT2D eigenvalue weighted by Crippen LogP contribution is 2.22. The molecule has 1 unspecified atom stereocenters. The Morgan fingerprint density at radius 3 is 2.39 bits per heavy atom. The van der Waals surface area contributed by atoms with E-state index in [2.05, 4.69) is 17.3 Å². The van der Waals surface area contributed by atoms with Crippen molar-refractivity contribution in [2.75, 3.05) is 6.61 Å². The Bertz CT molecular complexity index is 1020. The predicted octanol–water partition coefficient (Wildman–Crippen LogP) is 4.71. The molecule has 0 saturated carbocycles. The van der Waals surface area contributed by atoms with E-state index in [1.165, 1.54) is 0 Å². The molecule has 0 spiro atoms. The number of rotatable bonds is 9. The number of hydrogen-bond acceptors (Lipinski definition) is 4.